The van der Waals surface area contributed by atoms with E-state index in [1.165, 1.54) is 12.1 Å². The topological polar surface area (TPSA) is 67.5 Å². The van der Waals surface area contributed by atoms with Gasteiger partial charge in [0.25, 0.3) is 0 Å². The van der Waals surface area contributed by atoms with Gasteiger partial charge in [0.2, 0.25) is 0 Å². The molecule has 0 radical (unpaired) electrons. The van der Waals surface area contributed by atoms with Crippen LogP contribution in [0.4, 0.5) is 8.78 Å². The summed E-state index contributed by atoms with van der Waals surface area (Å²) < 4.78 is 52.3. The lowest BCUT2D eigenvalue weighted by molar-refractivity contribution is 0.0513. The lowest BCUT2D eigenvalue weighted by atomic mass is 9.97. The van der Waals surface area contributed by atoms with E-state index in [2.05, 4.69) is 5.10 Å². The summed E-state index contributed by atoms with van der Waals surface area (Å²) in [5, 5.41) is 6.61. The van der Waals surface area contributed by atoms with Crippen LogP contribution >= 0.6 is 0 Å². The Labute approximate surface area is 271 Å². The molecule has 47 heavy (non-hydrogen) atoms. The maximum Gasteiger partial charge on any atom is 0.355 e. The molecule has 1 aliphatic rings. The van der Waals surface area contributed by atoms with Crippen molar-refractivity contribution in [3.8, 4) is 16.9 Å². The number of ether oxygens (including phenoxy) is 3. The van der Waals surface area contributed by atoms with Crippen molar-refractivity contribution >= 4 is 27.6 Å². The van der Waals surface area contributed by atoms with Crippen molar-refractivity contribution in [2.75, 3.05) is 13.2 Å². The van der Waals surface area contributed by atoms with Crippen molar-refractivity contribution in [2.45, 2.75) is 46.4 Å². The first-order chi connectivity index (χ1) is 22.9. The number of esters is 1. The first-order valence-electron chi connectivity index (χ1n) is 15.9. The van der Waals surface area contributed by atoms with Crippen LogP contribution in [0.3, 0.4) is 0 Å². The Hall–Kier alpha value is -5.02. The summed E-state index contributed by atoms with van der Waals surface area (Å²) in [5.74, 6) is -0.591. The summed E-state index contributed by atoms with van der Waals surface area (Å²) in [6, 6.07) is 21.4. The molecule has 7 nitrogen and oxygen atoms in total. The molecule has 0 fully saturated rings. The summed E-state index contributed by atoms with van der Waals surface area (Å²) in [7, 11) is 1.83. The zero-order chi connectivity index (χ0) is 32.7. The molecule has 4 aromatic carbocycles. The van der Waals surface area contributed by atoms with Crippen LogP contribution in [-0.2, 0) is 42.7 Å². The van der Waals surface area contributed by atoms with E-state index in [0.29, 0.717) is 77.2 Å². The highest BCUT2D eigenvalue weighted by Gasteiger charge is 2.30. The van der Waals surface area contributed by atoms with E-state index in [4.69, 9.17) is 14.2 Å². The molecule has 240 valence electrons. The van der Waals surface area contributed by atoms with E-state index in [1.807, 2.05) is 54.9 Å². The number of carbonyl (C=O) groups is 1. The standard InChI is InChI=1S/C38H35F2N3O4/c1-4-46-38(44)37-28(14-9-19-47-33-18-17-30(39)26-12-7-8-13-27(26)33)29-15-16-31(40)35-34-23(2)41-42(3)32(34)22-45-21-25-11-6-5-10-24(25)20-43(37)36(29)35/h5-8,10-13,15-18H,4,9,14,19-22H2,1-3H3. The predicted octanol–water partition coefficient (Wildman–Crippen LogP) is 8.05. The molecule has 0 saturated heterocycles. The summed E-state index contributed by atoms with van der Waals surface area (Å²) in [5.41, 5.74) is 6.17. The van der Waals surface area contributed by atoms with Crippen LogP contribution in [0.15, 0.2) is 72.8 Å². The van der Waals surface area contributed by atoms with E-state index in [9.17, 15) is 9.18 Å². The van der Waals surface area contributed by atoms with Gasteiger partial charge in [-0.15, -0.1) is 0 Å². The Bertz CT molecular complexity index is 2150. The van der Waals surface area contributed by atoms with E-state index in [1.54, 1.807) is 35.9 Å². The zero-order valence-corrected chi connectivity index (χ0v) is 26.6. The number of hydrogen-bond acceptors (Lipinski definition) is 5. The lowest BCUT2D eigenvalue weighted by Crippen LogP contribution is -2.16. The Balaban J connectivity index is 1.38. The normalized spacial score (nSPS) is 12.9. The Morgan fingerprint density at radius 3 is 2.45 bits per heavy atom. The van der Waals surface area contributed by atoms with Crippen molar-refractivity contribution in [3.63, 3.8) is 0 Å². The molecule has 0 unspecified atom stereocenters. The molecule has 0 amide bonds. The van der Waals surface area contributed by atoms with Gasteiger partial charge in [-0.25, -0.2) is 13.6 Å². The first kappa shape index (κ1) is 30.6. The quantitative estimate of drug-likeness (QED) is 0.131. The van der Waals surface area contributed by atoms with Gasteiger partial charge in [-0.2, -0.15) is 5.10 Å². The van der Waals surface area contributed by atoms with Crippen molar-refractivity contribution in [3.05, 3.63) is 118 Å². The van der Waals surface area contributed by atoms with E-state index in [0.717, 1.165) is 27.8 Å². The van der Waals surface area contributed by atoms with Crippen LogP contribution in [-0.4, -0.2) is 33.5 Å². The first-order valence-corrected chi connectivity index (χ1v) is 15.9. The lowest BCUT2D eigenvalue weighted by Gasteiger charge is -2.15. The molecular weight excluding hydrogens is 600 g/mol. The van der Waals surface area contributed by atoms with E-state index in [-0.39, 0.29) is 19.0 Å². The minimum absolute atomic E-state index is 0.193. The number of fused-ring (bicyclic) bond motifs is 4. The van der Waals surface area contributed by atoms with Gasteiger partial charge in [0.05, 0.1) is 43.3 Å². The second-order valence-electron chi connectivity index (χ2n) is 11.8. The SMILES string of the molecule is CCOC(=O)c1c(CCCOc2ccc(F)c3ccccc23)c2ccc(F)c3c2n1Cc1ccccc1COCc1c-3c(C)nn1C. The van der Waals surface area contributed by atoms with Crippen LogP contribution in [0.1, 0.15) is 51.9 Å². The number of hydrogen-bond donors (Lipinski definition) is 0. The molecule has 0 N–H and O–H groups in total. The highest BCUT2D eigenvalue weighted by atomic mass is 19.1. The van der Waals surface area contributed by atoms with E-state index < -0.39 is 11.8 Å². The van der Waals surface area contributed by atoms with Crippen molar-refractivity contribution < 1.29 is 27.8 Å². The molecule has 0 bridgehead atoms. The summed E-state index contributed by atoms with van der Waals surface area (Å²) in [6.45, 7) is 5.06. The van der Waals surface area contributed by atoms with Crippen LogP contribution < -0.4 is 4.74 Å². The molecule has 1 aliphatic heterocycles. The molecule has 7 rings (SSSR count). The average Bonchev–Trinajstić information content (AvgIpc) is 3.51. The average molecular weight is 636 g/mol. The van der Waals surface area contributed by atoms with E-state index >= 15 is 4.39 Å². The van der Waals surface area contributed by atoms with Gasteiger partial charge in [0.1, 0.15) is 23.1 Å². The number of benzene rings is 4. The molecule has 0 atom stereocenters. The number of halogens is 2. The second kappa shape index (κ2) is 12.6. The minimum atomic E-state index is -0.470. The minimum Gasteiger partial charge on any atom is -0.493 e. The van der Waals surface area contributed by atoms with Crippen LogP contribution in [0, 0.1) is 18.6 Å². The number of aromatic nitrogens is 3. The number of carbonyl (C=O) groups excluding carboxylic acids is 1. The van der Waals surface area contributed by atoms with Crippen molar-refractivity contribution in [1.82, 2.24) is 14.3 Å². The van der Waals surface area contributed by atoms with Gasteiger partial charge in [-0.1, -0.05) is 48.5 Å². The van der Waals surface area contributed by atoms with Gasteiger partial charge in [0, 0.05) is 40.9 Å². The predicted molar refractivity (Wildman–Crippen MR) is 177 cm³/mol. The zero-order valence-electron chi connectivity index (χ0n) is 26.6. The molecule has 9 heteroatoms. The molecular formula is C38H35F2N3O4. The molecule has 6 aromatic rings. The fourth-order valence-electron chi connectivity index (χ4n) is 6.84. The smallest absolute Gasteiger partial charge is 0.355 e. The fourth-order valence-corrected chi connectivity index (χ4v) is 6.84. The maximum atomic E-state index is 16.2. The van der Waals surface area contributed by atoms with Gasteiger partial charge >= 0.3 is 5.97 Å². The third-order valence-corrected chi connectivity index (χ3v) is 8.94. The van der Waals surface area contributed by atoms with Gasteiger partial charge in [-0.3, -0.25) is 4.68 Å². The highest BCUT2D eigenvalue weighted by Crippen LogP contribution is 2.41. The van der Waals surface area contributed by atoms with Gasteiger partial charge < -0.3 is 18.8 Å². The summed E-state index contributed by atoms with van der Waals surface area (Å²) in [4.78, 5) is 13.9. The highest BCUT2D eigenvalue weighted by molar-refractivity contribution is 6.05. The molecule has 2 aromatic heterocycles. The van der Waals surface area contributed by atoms with Crippen LogP contribution in [0.2, 0.25) is 0 Å². The molecule has 0 saturated carbocycles. The Morgan fingerprint density at radius 1 is 0.894 bits per heavy atom. The Morgan fingerprint density at radius 2 is 1.64 bits per heavy atom. The fraction of sp³-hybridized carbons (Fsp3) is 0.263. The van der Waals surface area contributed by atoms with Crippen molar-refractivity contribution in [2.24, 2.45) is 7.05 Å². The van der Waals surface area contributed by atoms with Gasteiger partial charge in [0.15, 0.2) is 0 Å². The number of rotatable bonds is 7. The third kappa shape index (κ3) is 5.44. The number of aryl methyl sites for hydroxylation is 3. The molecule has 0 spiro atoms. The van der Waals surface area contributed by atoms with Crippen molar-refractivity contribution in [1.29, 1.82) is 0 Å². The third-order valence-electron chi connectivity index (χ3n) is 8.94. The van der Waals surface area contributed by atoms with Crippen LogP contribution in [0.25, 0.3) is 32.8 Å². The summed E-state index contributed by atoms with van der Waals surface area (Å²) in [6.07, 6.45) is 1.01. The summed E-state index contributed by atoms with van der Waals surface area (Å²) >= 11 is 0. The molecule has 3 heterocycles. The largest absolute Gasteiger partial charge is 0.493 e. The monoisotopic (exact) mass is 635 g/mol. The van der Waals surface area contributed by atoms with Crippen LogP contribution in [0.5, 0.6) is 5.75 Å². The Kier molecular flexibility index (Phi) is 8.24. The van der Waals surface area contributed by atoms with Gasteiger partial charge in [-0.05, 0) is 67.6 Å². The molecule has 0 aliphatic carbocycles. The number of nitrogens with zero attached hydrogens (tertiary/aromatic N) is 3. The maximum absolute atomic E-state index is 16.2. The second-order valence-corrected chi connectivity index (χ2v) is 11.8.